The molecule has 4 rings (SSSR count). The smallest absolute Gasteiger partial charge is 0.391 e. The van der Waals surface area contributed by atoms with Crippen molar-refractivity contribution in [1.82, 2.24) is 19.7 Å². The van der Waals surface area contributed by atoms with Crippen molar-refractivity contribution in [3.8, 4) is 17.4 Å². The van der Waals surface area contributed by atoms with Gasteiger partial charge in [0, 0.05) is 11.8 Å². The van der Waals surface area contributed by atoms with Crippen molar-refractivity contribution in [3.63, 3.8) is 0 Å². The van der Waals surface area contributed by atoms with E-state index in [4.69, 9.17) is 4.42 Å². The van der Waals surface area contributed by atoms with Crippen molar-refractivity contribution >= 4 is 22.8 Å². The first-order chi connectivity index (χ1) is 13.6. The van der Waals surface area contributed by atoms with E-state index in [9.17, 15) is 14.9 Å². The molecule has 0 saturated carbocycles. The van der Waals surface area contributed by atoms with Gasteiger partial charge in [-0.2, -0.15) is 0 Å². The van der Waals surface area contributed by atoms with Gasteiger partial charge in [0.25, 0.3) is 5.89 Å². The molecular formula is C19H13N5O4. The number of nitro groups is 1. The van der Waals surface area contributed by atoms with Crippen LogP contribution in [0, 0.1) is 10.1 Å². The second-order valence-corrected chi connectivity index (χ2v) is 5.80. The average molecular weight is 375 g/mol. The summed E-state index contributed by atoms with van der Waals surface area (Å²) in [6, 6.07) is 11.4. The number of fused-ring (bicyclic) bond motifs is 1. The summed E-state index contributed by atoms with van der Waals surface area (Å²) in [5.74, 6) is -0.146. The topological polar surface area (TPSA) is 117 Å². The van der Waals surface area contributed by atoms with E-state index in [2.05, 4.69) is 15.1 Å². The summed E-state index contributed by atoms with van der Waals surface area (Å²) in [7, 11) is 0. The van der Waals surface area contributed by atoms with E-state index in [1.54, 1.807) is 48.7 Å². The molecule has 3 aromatic heterocycles. The highest BCUT2D eigenvalue weighted by Gasteiger charge is 2.26. The predicted molar refractivity (Wildman–Crippen MR) is 102 cm³/mol. The number of nitrogens with zero attached hydrogens (tertiary/aromatic N) is 5. The van der Waals surface area contributed by atoms with Crippen LogP contribution in [-0.4, -0.2) is 24.7 Å². The lowest BCUT2D eigenvalue weighted by molar-refractivity contribution is -0.389. The summed E-state index contributed by atoms with van der Waals surface area (Å²) >= 11 is 0. The van der Waals surface area contributed by atoms with Gasteiger partial charge in [0.2, 0.25) is 0 Å². The highest BCUT2D eigenvalue weighted by atomic mass is 16.6. The van der Waals surface area contributed by atoms with Crippen molar-refractivity contribution in [2.75, 3.05) is 0 Å². The standard InChI is InChI=1S/C19H13N5O4/c1-2-6-12-7-5-10-20-17(12)23-15(11-16(22-23)24(26)27)18-21-14-9-4-3-8-13(14)19(25)28-18/h2-11H,1H3/b6-2+. The third kappa shape index (κ3) is 2.94. The first-order valence-corrected chi connectivity index (χ1v) is 8.31. The molecule has 3 heterocycles. The van der Waals surface area contributed by atoms with Crippen LogP contribution in [0.15, 0.2) is 63.9 Å². The van der Waals surface area contributed by atoms with E-state index >= 15 is 0 Å². The molecule has 0 amide bonds. The molecule has 4 aromatic rings. The van der Waals surface area contributed by atoms with Crippen molar-refractivity contribution < 1.29 is 9.34 Å². The minimum atomic E-state index is -0.628. The van der Waals surface area contributed by atoms with Crippen LogP contribution in [0.3, 0.4) is 0 Å². The molecule has 0 fully saturated rings. The monoisotopic (exact) mass is 375 g/mol. The molecular weight excluding hydrogens is 362 g/mol. The molecule has 9 heteroatoms. The minimum Gasteiger partial charge on any atom is -0.401 e. The second-order valence-electron chi connectivity index (χ2n) is 5.80. The van der Waals surface area contributed by atoms with Gasteiger partial charge in [-0.25, -0.2) is 14.8 Å². The van der Waals surface area contributed by atoms with Gasteiger partial charge in [-0.15, -0.1) is 4.68 Å². The molecule has 138 valence electrons. The van der Waals surface area contributed by atoms with Gasteiger partial charge in [-0.1, -0.05) is 24.3 Å². The Hall–Kier alpha value is -4.14. The highest BCUT2D eigenvalue weighted by molar-refractivity contribution is 5.78. The van der Waals surface area contributed by atoms with Crippen LogP contribution < -0.4 is 5.63 Å². The van der Waals surface area contributed by atoms with E-state index in [-0.39, 0.29) is 11.6 Å². The lowest BCUT2D eigenvalue weighted by Crippen LogP contribution is -2.08. The molecule has 0 bridgehead atoms. The molecule has 0 aliphatic rings. The van der Waals surface area contributed by atoms with Crippen LogP contribution in [-0.2, 0) is 0 Å². The third-order valence-corrected chi connectivity index (χ3v) is 4.00. The van der Waals surface area contributed by atoms with Gasteiger partial charge >= 0.3 is 11.4 Å². The van der Waals surface area contributed by atoms with Crippen LogP contribution in [0.5, 0.6) is 0 Å². The Balaban J connectivity index is 2.01. The summed E-state index contributed by atoms with van der Waals surface area (Å²) < 4.78 is 6.59. The molecule has 0 radical (unpaired) electrons. The molecule has 0 aliphatic heterocycles. The molecule has 0 N–H and O–H groups in total. The minimum absolute atomic E-state index is 0.0821. The van der Waals surface area contributed by atoms with Gasteiger partial charge in [0.15, 0.2) is 11.5 Å². The number of hydrogen-bond donors (Lipinski definition) is 0. The van der Waals surface area contributed by atoms with E-state index in [0.717, 1.165) is 0 Å². The molecule has 0 aliphatic carbocycles. The van der Waals surface area contributed by atoms with Crippen LogP contribution >= 0.6 is 0 Å². The maximum absolute atomic E-state index is 12.3. The molecule has 9 nitrogen and oxygen atoms in total. The molecule has 0 atom stereocenters. The Bertz CT molecular complexity index is 1290. The molecule has 0 unspecified atom stereocenters. The number of rotatable bonds is 4. The van der Waals surface area contributed by atoms with Crippen LogP contribution in [0.25, 0.3) is 34.4 Å². The van der Waals surface area contributed by atoms with Crippen molar-refractivity contribution in [2.24, 2.45) is 0 Å². The zero-order valence-electron chi connectivity index (χ0n) is 14.6. The summed E-state index contributed by atoms with van der Waals surface area (Å²) in [6.45, 7) is 1.84. The largest absolute Gasteiger partial charge is 0.401 e. The number of benzene rings is 1. The van der Waals surface area contributed by atoms with E-state index < -0.39 is 16.4 Å². The highest BCUT2D eigenvalue weighted by Crippen LogP contribution is 2.27. The first-order valence-electron chi connectivity index (χ1n) is 8.31. The summed E-state index contributed by atoms with van der Waals surface area (Å²) in [5.41, 5.74) is 0.663. The number of allylic oxidation sites excluding steroid dienone is 1. The van der Waals surface area contributed by atoms with E-state index in [1.165, 1.54) is 10.7 Å². The SMILES string of the molecule is C/C=C/c1cccnc1-n1nc([N+](=O)[O-])cc1-c1nc2ccccc2c(=O)o1. The zero-order valence-corrected chi connectivity index (χ0v) is 14.6. The first kappa shape index (κ1) is 17.3. The lowest BCUT2D eigenvalue weighted by Gasteiger charge is -2.05. The molecule has 0 spiro atoms. The Kier molecular flexibility index (Phi) is 4.24. The van der Waals surface area contributed by atoms with Crippen molar-refractivity contribution in [1.29, 1.82) is 0 Å². The van der Waals surface area contributed by atoms with Crippen molar-refractivity contribution in [3.05, 3.63) is 80.8 Å². The fraction of sp³-hybridized carbons (Fsp3) is 0.0526. The van der Waals surface area contributed by atoms with E-state index in [1.807, 2.05) is 13.0 Å². The van der Waals surface area contributed by atoms with Gasteiger partial charge in [0.05, 0.1) is 22.1 Å². The summed E-state index contributed by atoms with van der Waals surface area (Å²) in [5, 5.41) is 15.6. The predicted octanol–water partition coefficient (Wildman–Crippen LogP) is 3.38. The number of aromatic nitrogens is 4. The summed E-state index contributed by atoms with van der Waals surface area (Å²) in [4.78, 5) is 31.6. The molecule has 28 heavy (non-hydrogen) atoms. The van der Waals surface area contributed by atoms with Gasteiger partial charge in [-0.05, 0) is 36.1 Å². The van der Waals surface area contributed by atoms with Crippen molar-refractivity contribution in [2.45, 2.75) is 6.92 Å². The Morgan fingerprint density at radius 2 is 2.04 bits per heavy atom. The quantitative estimate of drug-likeness (QED) is 0.396. The number of pyridine rings is 1. The second kappa shape index (κ2) is 6.88. The van der Waals surface area contributed by atoms with Gasteiger partial charge in [0.1, 0.15) is 0 Å². The number of para-hydroxylation sites is 1. The maximum Gasteiger partial charge on any atom is 0.391 e. The normalized spacial score (nSPS) is 11.3. The van der Waals surface area contributed by atoms with Gasteiger partial charge in [-0.3, -0.25) is 0 Å². The lowest BCUT2D eigenvalue weighted by atomic mass is 10.2. The summed E-state index contributed by atoms with van der Waals surface area (Å²) in [6.07, 6.45) is 5.15. The third-order valence-electron chi connectivity index (χ3n) is 4.00. The zero-order chi connectivity index (χ0) is 19.7. The average Bonchev–Trinajstić information content (AvgIpc) is 3.14. The van der Waals surface area contributed by atoms with Gasteiger partial charge < -0.3 is 14.5 Å². The molecule has 1 aromatic carbocycles. The Morgan fingerprint density at radius 1 is 1.21 bits per heavy atom. The van der Waals surface area contributed by atoms with Crippen LogP contribution in [0.2, 0.25) is 0 Å². The fourth-order valence-corrected chi connectivity index (χ4v) is 2.80. The van der Waals surface area contributed by atoms with E-state index in [0.29, 0.717) is 22.3 Å². The Morgan fingerprint density at radius 3 is 2.82 bits per heavy atom. The van der Waals surface area contributed by atoms with Crippen LogP contribution in [0.1, 0.15) is 12.5 Å². The molecule has 0 saturated heterocycles. The maximum atomic E-state index is 12.3. The van der Waals surface area contributed by atoms with Crippen LogP contribution in [0.4, 0.5) is 5.82 Å². The number of hydrogen-bond acceptors (Lipinski definition) is 7. The fourth-order valence-electron chi connectivity index (χ4n) is 2.80. The Labute approximate surface area is 157 Å².